The molecule has 0 spiro atoms. The van der Waals surface area contributed by atoms with Gasteiger partial charge in [-0.15, -0.1) is 0 Å². The van der Waals surface area contributed by atoms with Gasteiger partial charge in [0.2, 0.25) is 0 Å². The summed E-state index contributed by atoms with van der Waals surface area (Å²) in [6.07, 6.45) is 1.05. The zero-order chi connectivity index (χ0) is 88.6. The Morgan fingerprint density at radius 3 is 1.13 bits per heavy atom. The van der Waals surface area contributed by atoms with E-state index in [4.69, 9.17) is 9.31 Å². The lowest BCUT2D eigenvalue weighted by Crippen LogP contribution is -2.41. The van der Waals surface area contributed by atoms with Gasteiger partial charge in [-0.25, -0.2) is 0 Å². The largest absolute Gasteiger partial charge is 0.494 e. The first-order valence-corrected chi connectivity index (χ1v) is 46.4. The number of halogens is 2. The number of nitrogens with zero attached hydrogens (tertiary/aromatic N) is 2. The lowest BCUT2D eigenvalue weighted by molar-refractivity contribution is -0.385. The van der Waals surface area contributed by atoms with E-state index in [0.29, 0.717) is 10.0 Å². The van der Waals surface area contributed by atoms with E-state index in [9.17, 15) is 20.2 Å². The third kappa shape index (κ3) is 15.6. The van der Waals surface area contributed by atoms with Crippen LogP contribution in [0.1, 0.15) is 139 Å². The van der Waals surface area contributed by atoms with Crippen LogP contribution in [0.5, 0.6) is 0 Å². The van der Waals surface area contributed by atoms with Gasteiger partial charge in [0.05, 0.1) is 26.6 Å². The second kappa shape index (κ2) is 33.8. The Labute approximate surface area is 763 Å². The first-order valence-electron chi connectivity index (χ1n) is 43.5. The number of hydrogen-bond donors (Lipinski definition) is 0. The second-order valence-electron chi connectivity index (χ2n) is 36.7. The maximum Gasteiger partial charge on any atom is 0.494 e. The Kier molecular flexibility index (Phi) is 22.7. The van der Waals surface area contributed by atoms with E-state index in [1.54, 1.807) is 12.1 Å². The fraction of sp³-hybridized carbons (Fsp3) is 0.165. The molecule has 127 heavy (non-hydrogen) atoms. The summed E-state index contributed by atoms with van der Waals surface area (Å²) in [4.78, 5) is 21.7. The predicted octanol–water partition coefficient (Wildman–Crippen LogP) is 29.4. The maximum atomic E-state index is 11.8. The van der Waals surface area contributed by atoms with E-state index >= 15 is 0 Å². The first-order chi connectivity index (χ1) is 61.0. The van der Waals surface area contributed by atoms with Gasteiger partial charge in [0.15, 0.2) is 0 Å². The fourth-order valence-electron chi connectivity index (χ4n) is 19.8. The molecule has 1 saturated heterocycles. The van der Waals surface area contributed by atoms with Crippen molar-refractivity contribution in [2.75, 3.05) is 0 Å². The molecule has 0 aromatic heterocycles. The van der Waals surface area contributed by atoms with Crippen molar-refractivity contribution in [2.24, 2.45) is 0 Å². The van der Waals surface area contributed by atoms with Crippen LogP contribution >= 0.6 is 39.8 Å². The molecule has 12 heteroatoms. The summed E-state index contributed by atoms with van der Waals surface area (Å²) in [6, 6.07) is 127. The molecule has 626 valence electrons. The number of hydrogen-bond acceptors (Lipinski definition) is 6. The molecule has 6 aliphatic rings. The highest BCUT2D eigenvalue weighted by molar-refractivity contribution is 9.11. The van der Waals surface area contributed by atoms with Gasteiger partial charge < -0.3 is 9.31 Å². The normalized spacial score (nSPS) is 15.2. The third-order valence-electron chi connectivity index (χ3n) is 27.2. The smallest absolute Gasteiger partial charge is 0.399 e. The first kappa shape index (κ1) is 85.5. The molecular weight excluding hydrogens is 1710 g/mol. The highest BCUT2D eigenvalue weighted by Gasteiger charge is 2.52. The summed E-state index contributed by atoms with van der Waals surface area (Å²) in [5.74, 6) is 0. The molecule has 1 aliphatic heterocycles. The monoisotopic (exact) mass is 1800 g/mol. The SMILES string of the molecule is CC1(C)c2ccccc2-c2cc(-c3c([N+](=O)[O-])ccc4ccccc34)ccc21.CC1(C)c2ccccc2-c2cc(B3OC(C)(C)C(C)(C)O3)ccc21.CC1(C)c2ccccc2-c2cc(Br)ccc21.CC1(C)c2ccccc2-c2cc3c(cc21)Cc1ccc2ccccc2c1-3.O=[N+]([O-])c1ccc2ccccc2c1Br.c1ccc(P(c2ccccc2)c2ccccc2)cc1. The van der Waals surface area contributed by atoms with Crippen LogP contribution in [0.15, 0.2) is 373 Å². The van der Waals surface area contributed by atoms with Crippen molar-refractivity contribution in [2.45, 2.75) is 122 Å². The molecule has 0 bridgehead atoms. The van der Waals surface area contributed by atoms with Crippen molar-refractivity contribution in [1.29, 1.82) is 0 Å². The lowest BCUT2D eigenvalue weighted by atomic mass is 9.76. The fourth-order valence-corrected chi connectivity index (χ4v) is 23.2. The third-order valence-corrected chi connectivity index (χ3v) is 31.0. The molecule has 1 fully saturated rings. The quantitative estimate of drug-likeness (QED) is 0.0681. The van der Waals surface area contributed by atoms with Crippen LogP contribution in [-0.4, -0.2) is 28.2 Å². The Bertz CT molecular complexity index is 7080. The lowest BCUT2D eigenvalue weighted by Gasteiger charge is -2.32. The maximum absolute atomic E-state index is 11.8. The average molecular weight is 1810 g/mol. The van der Waals surface area contributed by atoms with E-state index in [0.717, 1.165) is 43.5 Å². The number of nitro groups is 2. The molecule has 0 amide bonds. The van der Waals surface area contributed by atoms with E-state index in [-0.39, 0.29) is 56.3 Å². The summed E-state index contributed by atoms with van der Waals surface area (Å²) in [7, 11) is -0.755. The summed E-state index contributed by atoms with van der Waals surface area (Å²) >= 11 is 6.80. The van der Waals surface area contributed by atoms with Gasteiger partial charge in [-0.05, 0) is 260 Å². The van der Waals surface area contributed by atoms with Crippen LogP contribution in [0.3, 0.4) is 0 Å². The minimum atomic E-state index is -0.446. The highest BCUT2D eigenvalue weighted by atomic mass is 79.9. The summed E-state index contributed by atoms with van der Waals surface area (Å²) in [5, 5.41) is 33.1. The van der Waals surface area contributed by atoms with Crippen molar-refractivity contribution in [3.05, 3.63) is 449 Å². The summed E-state index contributed by atoms with van der Waals surface area (Å²) in [5.41, 5.74) is 30.0. The van der Waals surface area contributed by atoms with Gasteiger partial charge >= 0.3 is 7.12 Å². The van der Waals surface area contributed by atoms with Gasteiger partial charge in [0.1, 0.15) is 4.47 Å². The number of benzene rings is 17. The second-order valence-corrected chi connectivity index (χ2v) is 40.7. The Morgan fingerprint density at radius 1 is 0.299 bits per heavy atom. The van der Waals surface area contributed by atoms with Crippen LogP contribution in [-0.2, 0) is 37.4 Å². The summed E-state index contributed by atoms with van der Waals surface area (Å²) < 4.78 is 14.1. The molecule has 8 nitrogen and oxygen atoms in total. The highest BCUT2D eigenvalue weighted by Crippen LogP contribution is 2.56. The van der Waals surface area contributed by atoms with Crippen LogP contribution in [0.4, 0.5) is 11.4 Å². The van der Waals surface area contributed by atoms with Gasteiger partial charge in [-0.3, -0.25) is 20.2 Å². The van der Waals surface area contributed by atoms with Crippen molar-refractivity contribution in [3.8, 4) is 66.8 Å². The van der Waals surface area contributed by atoms with Gasteiger partial charge in [0, 0.05) is 43.7 Å². The molecule has 23 rings (SSSR count). The molecule has 5 aliphatic carbocycles. The van der Waals surface area contributed by atoms with Crippen molar-refractivity contribution in [1.82, 2.24) is 0 Å². The molecule has 17 aromatic carbocycles. The van der Waals surface area contributed by atoms with Gasteiger partial charge in [-0.1, -0.05) is 387 Å². The average Bonchev–Trinajstić information content (AvgIpc) is 1.57. The van der Waals surface area contributed by atoms with Crippen molar-refractivity contribution >= 4 is 112 Å². The molecule has 0 saturated carbocycles. The standard InChI is InChI=1S/C26H20.C25H19NO2.C21H25BO2.C18H15P.C15H13Br.C10H6BrNO2/c1-26(2)23-10-6-5-9-20(23)22-15-21-18(14-24(22)26)13-17-12-11-16-7-3-4-8-19(16)25(17)21;1-25(2)21-10-6-5-9-19(21)20-15-17(11-13-22(20)25)24-18-8-4-3-7-16(18)12-14-23(24)26(27)28;1-19(2)17-10-8-7-9-15(17)16-13-14(11-12-18(16)19)22-23-20(3,4)21(5,6)24-22;1-4-10-16(11-5-1)19(17-12-6-2-7-13-17)18-14-8-3-9-15-18;1-15(2)13-6-4-3-5-11(13)12-9-10(16)7-8-14(12)15;11-10-8-4-2-1-3-7(8)5-6-9(10)12(13)14/h3-12,14-15H,13H2,1-2H3;3-15H,1-2H3;7-13H,1-6H3;1-15H;3-9H,1-2H3;1-6H. The zero-order valence-corrected chi connectivity index (χ0v) is 77.5. The van der Waals surface area contributed by atoms with Crippen molar-refractivity contribution < 1.29 is 19.2 Å². The van der Waals surface area contributed by atoms with Crippen LogP contribution in [0.25, 0.3) is 99.1 Å². The van der Waals surface area contributed by atoms with Crippen molar-refractivity contribution in [3.63, 3.8) is 0 Å². The van der Waals surface area contributed by atoms with Crippen LogP contribution in [0.2, 0.25) is 0 Å². The molecule has 0 atom stereocenters. The van der Waals surface area contributed by atoms with Crippen LogP contribution in [0, 0.1) is 20.2 Å². The minimum Gasteiger partial charge on any atom is -0.399 e. The predicted molar refractivity (Wildman–Crippen MR) is 538 cm³/mol. The number of rotatable bonds is 7. The number of fused-ring (bicyclic) bond motifs is 19. The molecule has 17 aromatic rings. The van der Waals surface area contributed by atoms with E-state index in [1.807, 2.05) is 60.7 Å². The summed E-state index contributed by atoms with van der Waals surface area (Å²) in [6.45, 7) is 26.8. The Balaban J connectivity index is 0.000000105. The topological polar surface area (TPSA) is 105 Å². The molecular formula is C115H98BBr2N2O6P. The molecule has 0 N–H and O–H groups in total. The van der Waals surface area contributed by atoms with E-state index in [1.165, 1.54) is 144 Å². The van der Waals surface area contributed by atoms with Gasteiger partial charge in [0.25, 0.3) is 11.4 Å². The molecule has 0 unspecified atom stereocenters. The zero-order valence-electron chi connectivity index (χ0n) is 73.5. The van der Waals surface area contributed by atoms with E-state index < -0.39 is 12.8 Å². The minimum absolute atomic E-state index is 0.0421. The van der Waals surface area contributed by atoms with E-state index in [2.05, 4.69) is 400 Å². The Hall–Kier alpha value is -12.3. The molecule has 1 heterocycles. The van der Waals surface area contributed by atoms with Gasteiger partial charge in [-0.2, -0.15) is 0 Å². The number of nitro benzene ring substituents is 2. The van der Waals surface area contributed by atoms with Crippen LogP contribution < -0.4 is 21.4 Å². The molecule has 0 radical (unpaired) electrons. The Morgan fingerprint density at radius 2 is 0.654 bits per heavy atom.